The van der Waals surface area contributed by atoms with Crippen molar-refractivity contribution < 1.29 is 33.8 Å². The van der Waals surface area contributed by atoms with E-state index >= 15 is 0 Å². The summed E-state index contributed by atoms with van der Waals surface area (Å²) in [5.74, 6) is -3.33. The number of carbonyl (C=O) groups is 5. The van der Waals surface area contributed by atoms with E-state index in [-0.39, 0.29) is 19.4 Å². The maximum atomic E-state index is 13.4. The molecular weight excluding hydrogens is 558 g/mol. The minimum atomic E-state index is -1.32. The summed E-state index contributed by atoms with van der Waals surface area (Å²) in [4.78, 5) is 68.7. The number of fused-ring (bicyclic) bond motifs is 1. The number of aliphatic carboxylic acids is 1. The molecule has 0 spiro atoms. The Morgan fingerprint density at radius 1 is 1.16 bits per heavy atom. The molecule has 4 amide bonds. The Hall–Kier alpha value is -4.84. The molecule has 1 heterocycles. The second kappa shape index (κ2) is 13.9. The number of likely N-dealkylation sites (tertiary alicyclic amines) is 1. The summed E-state index contributed by atoms with van der Waals surface area (Å²) in [6.45, 7) is 6.09. The number of likely N-dealkylation sites (N-methyl/N-ethyl adjacent to an activating group) is 1. The van der Waals surface area contributed by atoms with Crippen LogP contribution in [0.15, 0.2) is 47.6 Å². The fraction of sp³-hybridized carbons (Fsp3) is 0.483. The highest BCUT2D eigenvalue weighted by atomic mass is 16.6. The molecule has 0 aliphatic carbocycles. The van der Waals surface area contributed by atoms with Crippen molar-refractivity contribution in [2.75, 3.05) is 20.1 Å². The Bertz CT molecular complexity index is 1430. The molecule has 0 saturated carbocycles. The van der Waals surface area contributed by atoms with Gasteiger partial charge < -0.3 is 25.4 Å². The second-order valence-electron chi connectivity index (χ2n) is 11.4. The van der Waals surface area contributed by atoms with E-state index in [9.17, 15) is 29.1 Å². The number of hydrogen-bond acceptors (Lipinski definition) is 7. The number of nitrogens with one attached hydrogen (secondary N) is 2. The Balaban J connectivity index is 1.68. The van der Waals surface area contributed by atoms with Gasteiger partial charge in [-0.05, 0) is 56.0 Å². The highest BCUT2D eigenvalue weighted by Gasteiger charge is 2.42. The van der Waals surface area contributed by atoms with Gasteiger partial charge in [0.15, 0.2) is 0 Å². The Labute approximate surface area is 249 Å². The minimum absolute atomic E-state index is 0.0160. The number of nitrogens with zero attached hydrogens (tertiary/aromatic N) is 5. The van der Waals surface area contributed by atoms with E-state index < -0.39 is 66.1 Å². The first-order chi connectivity index (χ1) is 20.2. The molecule has 2 aromatic rings. The van der Waals surface area contributed by atoms with E-state index in [0.29, 0.717) is 5.56 Å². The van der Waals surface area contributed by atoms with Crippen molar-refractivity contribution in [2.45, 2.75) is 70.3 Å². The van der Waals surface area contributed by atoms with Gasteiger partial charge in [-0.2, -0.15) is 0 Å². The van der Waals surface area contributed by atoms with Gasteiger partial charge in [0.05, 0.1) is 12.6 Å². The Morgan fingerprint density at radius 3 is 2.47 bits per heavy atom. The third-order valence-electron chi connectivity index (χ3n) is 7.08. The third-order valence-corrected chi connectivity index (χ3v) is 7.08. The van der Waals surface area contributed by atoms with Crippen LogP contribution in [0.4, 0.5) is 4.79 Å². The summed E-state index contributed by atoms with van der Waals surface area (Å²) >= 11 is 0. The fourth-order valence-electron chi connectivity index (χ4n) is 4.70. The van der Waals surface area contributed by atoms with Gasteiger partial charge in [0.25, 0.3) is 0 Å². The van der Waals surface area contributed by atoms with Crippen LogP contribution in [0.2, 0.25) is 0 Å². The highest BCUT2D eigenvalue weighted by molar-refractivity contribution is 5.94. The maximum absolute atomic E-state index is 13.4. The quantitative estimate of drug-likeness (QED) is 0.213. The molecule has 0 bridgehead atoms. The molecule has 3 rings (SSSR count). The molecule has 14 nitrogen and oxygen atoms in total. The molecule has 0 radical (unpaired) electrons. The minimum Gasteiger partial charge on any atom is -0.480 e. The molecule has 1 fully saturated rings. The number of ether oxygens (including phenoxy) is 1. The fourth-order valence-corrected chi connectivity index (χ4v) is 4.70. The highest BCUT2D eigenvalue weighted by Crippen LogP contribution is 2.23. The lowest BCUT2D eigenvalue weighted by molar-refractivity contribution is -0.144. The van der Waals surface area contributed by atoms with Gasteiger partial charge in [0.2, 0.25) is 17.7 Å². The van der Waals surface area contributed by atoms with Crippen molar-refractivity contribution in [3.05, 3.63) is 58.5 Å². The lowest BCUT2D eigenvalue weighted by Gasteiger charge is -2.29. The molecule has 0 aromatic heterocycles. The smallest absolute Gasteiger partial charge is 0.410 e. The number of carboxylic acids is 1. The van der Waals surface area contributed by atoms with Gasteiger partial charge in [-0.25, -0.2) is 9.59 Å². The number of carboxylic acid groups (broad SMARTS) is 1. The number of azide groups is 1. The number of hydrogen-bond donors (Lipinski definition) is 3. The lowest BCUT2D eigenvalue weighted by atomic mass is 10.0. The van der Waals surface area contributed by atoms with Gasteiger partial charge >= 0.3 is 12.1 Å². The summed E-state index contributed by atoms with van der Waals surface area (Å²) in [6.07, 6.45) is -0.563. The zero-order valence-corrected chi connectivity index (χ0v) is 24.8. The van der Waals surface area contributed by atoms with Crippen LogP contribution in [0, 0.1) is 0 Å². The molecule has 1 saturated heterocycles. The van der Waals surface area contributed by atoms with Crippen molar-refractivity contribution in [3.8, 4) is 0 Å². The van der Waals surface area contributed by atoms with Crippen LogP contribution in [0.1, 0.15) is 39.7 Å². The molecule has 230 valence electrons. The Morgan fingerprint density at radius 2 is 1.84 bits per heavy atom. The summed E-state index contributed by atoms with van der Waals surface area (Å²) in [7, 11) is 1.39. The first kappa shape index (κ1) is 32.7. The van der Waals surface area contributed by atoms with Crippen molar-refractivity contribution >= 4 is 40.6 Å². The second-order valence-corrected chi connectivity index (χ2v) is 11.4. The SMILES string of the molecule is C[C@@H](C(=O)NCC(=O)N1CC[C@@H](N=[N+]=[N-])[C@H]1C(=O)N[C@@H](Cc1ccc2ccccc2c1)C(=O)O)N(C)C(=O)OC(C)(C)C. The first-order valence-electron chi connectivity index (χ1n) is 13.8. The zero-order chi connectivity index (χ0) is 31.9. The summed E-state index contributed by atoms with van der Waals surface area (Å²) in [6, 6.07) is 8.58. The van der Waals surface area contributed by atoms with Gasteiger partial charge in [0, 0.05) is 24.9 Å². The van der Waals surface area contributed by atoms with Gasteiger partial charge in [0.1, 0.15) is 23.7 Å². The van der Waals surface area contributed by atoms with E-state index in [1.807, 2.05) is 36.4 Å². The van der Waals surface area contributed by atoms with Crippen LogP contribution in [0.5, 0.6) is 0 Å². The summed E-state index contributed by atoms with van der Waals surface area (Å²) in [5, 5.41) is 20.4. The molecule has 3 N–H and O–H groups in total. The monoisotopic (exact) mass is 595 g/mol. The maximum Gasteiger partial charge on any atom is 0.410 e. The third kappa shape index (κ3) is 8.58. The standard InChI is InChI=1S/C29H37N7O7/c1-17(35(5)28(42)43-29(2,3)4)25(38)31-16-23(37)36-13-12-21(33-34-30)24(36)26(39)32-22(27(40)41)15-18-10-11-19-8-6-7-9-20(19)14-18/h6-11,14,17,21-22,24H,12-13,15-16H2,1-5H3,(H,31,38)(H,32,39)(H,40,41)/t17-,21+,22-,24-/m0/s1. The van der Waals surface area contributed by atoms with E-state index in [4.69, 9.17) is 10.3 Å². The van der Waals surface area contributed by atoms with E-state index in [0.717, 1.165) is 20.6 Å². The zero-order valence-electron chi connectivity index (χ0n) is 24.8. The average molecular weight is 596 g/mol. The molecule has 2 aromatic carbocycles. The van der Waals surface area contributed by atoms with Crippen LogP contribution in [-0.4, -0.2) is 94.6 Å². The van der Waals surface area contributed by atoms with Crippen molar-refractivity contribution in [1.82, 2.24) is 20.4 Å². The summed E-state index contributed by atoms with van der Waals surface area (Å²) in [5.41, 5.74) is 8.96. The van der Waals surface area contributed by atoms with Crippen molar-refractivity contribution in [2.24, 2.45) is 5.11 Å². The van der Waals surface area contributed by atoms with E-state index in [1.165, 1.54) is 14.0 Å². The molecule has 4 atom stereocenters. The van der Waals surface area contributed by atoms with Crippen molar-refractivity contribution in [1.29, 1.82) is 0 Å². The van der Waals surface area contributed by atoms with Gasteiger partial charge in [-0.1, -0.05) is 47.6 Å². The molecule has 43 heavy (non-hydrogen) atoms. The molecule has 0 unspecified atom stereocenters. The Kier molecular flexibility index (Phi) is 10.5. The lowest BCUT2D eigenvalue weighted by Crippen LogP contribution is -2.56. The van der Waals surface area contributed by atoms with Crippen LogP contribution < -0.4 is 10.6 Å². The predicted molar refractivity (Wildman–Crippen MR) is 157 cm³/mol. The van der Waals surface area contributed by atoms with Crippen LogP contribution in [0.25, 0.3) is 21.2 Å². The molecular formula is C29H37N7O7. The summed E-state index contributed by atoms with van der Waals surface area (Å²) < 4.78 is 5.26. The topological polar surface area (TPSA) is 194 Å². The molecule has 14 heteroatoms. The number of carbonyl (C=O) groups excluding carboxylic acids is 4. The normalized spacial score (nSPS) is 17.7. The number of benzene rings is 2. The molecule has 1 aliphatic rings. The largest absolute Gasteiger partial charge is 0.480 e. The number of rotatable bonds is 10. The molecule has 1 aliphatic heterocycles. The van der Waals surface area contributed by atoms with Crippen molar-refractivity contribution in [3.63, 3.8) is 0 Å². The first-order valence-corrected chi connectivity index (χ1v) is 13.8. The van der Waals surface area contributed by atoms with Gasteiger partial charge in [-0.3, -0.25) is 19.3 Å². The van der Waals surface area contributed by atoms with Crippen LogP contribution in [0.3, 0.4) is 0 Å². The van der Waals surface area contributed by atoms with E-state index in [2.05, 4.69) is 20.7 Å². The number of amides is 4. The average Bonchev–Trinajstić information content (AvgIpc) is 3.37. The van der Waals surface area contributed by atoms with Crippen LogP contribution >= 0.6 is 0 Å². The predicted octanol–water partition coefficient (Wildman–Crippen LogP) is 2.60. The van der Waals surface area contributed by atoms with Gasteiger partial charge in [-0.15, -0.1) is 0 Å². The van der Waals surface area contributed by atoms with E-state index in [1.54, 1.807) is 26.8 Å². The van der Waals surface area contributed by atoms with Crippen LogP contribution in [-0.2, 0) is 30.3 Å².